The van der Waals surface area contributed by atoms with Gasteiger partial charge in [0.15, 0.2) is 12.0 Å². The van der Waals surface area contributed by atoms with Crippen LogP contribution >= 0.6 is 21.9 Å². The van der Waals surface area contributed by atoms with Crippen LogP contribution in [0.4, 0.5) is 19.0 Å². The van der Waals surface area contributed by atoms with Gasteiger partial charge in [0.1, 0.15) is 23.6 Å². The highest BCUT2D eigenvalue weighted by molar-refractivity contribution is 8.28. The van der Waals surface area contributed by atoms with Crippen molar-refractivity contribution in [1.82, 2.24) is 29.6 Å². The first-order valence-electron chi connectivity index (χ1n) is 20.8. The topological polar surface area (TPSA) is 109 Å². The highest BCUT2D eigenvalue weighted by atomic mass is 35.5. The van der Waals surface area contributed by atoms with Crippen LogP contribution in [0.5, 0.6) is 6.01 Å². The zero-order chi connectivity index (χ0) is 41.3. The number of rotatable bonds is 14. The zero-order valence-corrected chi connectivity index (χ0v) is 36.0. The third-order valence-electron chi connectivity index (χ3n) is 11.8. The van der Waals surface area contributed by atoms with Crippen LogP contribution in [0.2, 0.25) is 5.02 Å². The minimum atomic E-state index is -1.64. The highest BCUT2D eigenvalue weighted by Crippen LogP contribution is 2.45. The number of fused-ring (bicyclic) bond motifs is 3. The fourth-order valence-electron chi connectivity index (χ4n) is 8.94. The SMILES string of the molecule is CCCOC1COCCN(c2nc(OCC34CCCN3CC(=C(F)F)C4)nc3c(F)c(-c4c(CCCOS(C)(C)C)c(Cl)cc5c4cnn5C4CCCCO4)ncc23)C1. The summed E-state index contributed by atoms with van der Waals surface area (Å²) >= 11 is 7.16. The van der Waals surface area contributed by atoms with Crippen molar-refractivity contribution in [2.45, 2.75) is 82.6 Å². The average molecular weight is 862 g/mol. The quantitative estimate of drug-likeness (QED) is 0.114. The third kappa shape index (κ3) is 9.05. The fraction of sp³-hybridized carbons (Fsp3) is 0.619. The second-order valence-corrected chi connectivity index (χ2v) is 20.9. The normalized spacial score (nSPS) is 23.3. The van der Waals surface area contributed by atoms with Crippen molar-refractivity contribution in [3.63, 3.8) is 0 Å². The zero-order valence-electron chi connectivity index (χ0n) is 34.4. The number of nitrogens with zero attached hydrogens (tertiary/aromatic N) is 7. The van der Waals surface area contributed by atoms with Crippen LogP contribution in [0.3, 0.4) is 0 Å². The van der Waals surface area contributed by atoms with E-state index in [1.54, 1.807) is 12.4 Å². The van der Waals surface area contributed by atoms with Gasteiger partial charge < -0.3 is 28.0 Å². The molecule has 322 valence electrons. The first kappa shape index (κ1) is 42.4. The number of hydrogen-bond donors (Lipinski definition) is 0. The van der Waals surface area contributed by atoms with Crippen LogP contribution in [0.25, 0.3) is 33.1 Å². The summed E-state index contributed by atoms with van der Waals surface area (Å²) in [6, 6.07) is 1.85. The highest BCUT2D eigenvalue weighted by Gasteiger charge is 2.48. The molecule has 4 aromatic rings. The van der Waals surface area contributed by atoms with Crippen LogP contribution in [-0.2, 0) is 24.8 Å². The summed E-state index contributed by atoms with van der Waals surface area (Å²) in [5, 5.41) is 6.34. The maximum atomic E-state index is 17.8. The molecule has 0 N–H and O–H groups in total. The predicted octanol–water partition coefficient (Wildman–Crippen LogP) is 8.49. The summed E-state index contributed by atoms with van der Waals surface area (Å²) in [6.45, 7) is 6.47. The molecule has 0 aliphatic carbocycles. The van der Waals surface area contributed by atoms with Gasteiger partial charge in [-0.25, -0.2) is 9.07 Å². The van der Waals surface area contributed by atoms with Crippen LogP contribution in [0, 0.1) is 5.82 Å². The molecule has 1 aromatic carbocycles. The smallest absolute Gasteiger partial charge is 0.319 e. The Labute approximate surface area is 350 Å². The number of pyridine rings is 1. The average Bonchev–Trinajstić information content (AvgIpc) is 3.86. The number of halogens is 4. The standard InChI is InChI=1S/C42H55ClF3N7O5S/c1-5-15-55-28-24-51(14-18-54-25-28)40-31-21-47-38(36(44)37(31)49-41(50-40)57-26-42-12-9-13-52(42)23-27(20-42)39(45)46)35-29(10-8-17-58-59(2,3)4)32(43)19-33-30(35)22-48-53(33)34-11-6-7-16-56-34/h19,21-22,28,34H,5-18,20,23-26H2,1-4H3. The number of hydrogen-bond acceptors (Lipinski definition) is 11. The molecule has 59 heavy (non-hydrogen) atoms. The molecular formula is C42H55ClF3N7O5S. The van der Waals surface area contributed by atoms with E-state index in [9.17, 15) is 8.78 Å². The summed E-state index contributed by atoms with van der Waals surface area (Å²) in [7, 11) is -1.19. The van der Waals surface area contributed by atoms with Gasteiger partial charge in [0.05, 0.1) is 48.6 Å². The van der Waals surface area contributed by atoms with Crippen molar-refractivity contribution < 1.29 is 36.3 Å². The summed E-state index contributed by atoms with van der Waals surface area (Å²) < 4.78 is 78.0. The van der Waals surface area contributed by atoms with E-state index in [1.807, 2.05) is 22.6 Å². The van der Waals surface area contributed by atoms with E-state index >= 15 is 4.39 Å². The van der Waals surface area contributed by atoms with Gasteiger partial charge in [0, 0.05) is 60.6 Å². The van der Waals surface area contributed by atoms with Crippen molar-refractivity contribution in [2.24, 2.45) is 0 Å². The van der Waals surface area contributed by atoms with E-state index in [0.29, 0.717) is 99.1 Å². The van der Waals surface area contributed by atoms with Crippen LogP contribution in [-0.4, -0.2) is 126 Å². The summed E-state index contributed by atoms with van der Waals surface area (Å²) in [4.78, 5) is 18.6. The molecule has 0 spiro atoms. The predicted molar refractivity (Wildman–Crippen MR) is 225 cm³/mol. The lowest BCUT2D eigenvalue weighted by atomic mass is 9.94. The van der Waals surface area contributed by atoms with E-state index in [1.165, 1.54) is 0 Å². The molecule has 3 unspecified atom stereocenters. The van der Waals surface area contributed by atoms with Crippen molar-refractivity contribution >= 4 is 49.5 Å². The Morgan fingerprint density at radius 1 is 1.07 bits per heavy atom. The number of ether oxygens (including phenoxy) is 4. The largest absolute Gasteiger partial charge is 0.461 e. The summed E-state index contributed by atoms with van der Waals surface area (Å²) in [5.74, 6) is -0.226. The first-order chi connectivity index (χ1) is 28.4. The maximum Gasteiger partial charge on any atom is 0.319 e. The molecule has 3 aromatic heterocycles. The van der Waals surface area contributed by atoms with Gasteiger partial charge in [-0.15, -0.1) is 10.3 Å². The first-order valence-corrected chi connectivity index (χ1v) is 24.0. The molecule has 0 bridgehead atoms. The van der Waals surface area contributed by atoms with E-state index in [2.05, 4.69) is 23.7 Å². The maximum absolute atomic E-state index is 17.8. The lowest BCUT2D eigenvalue weighted by molar-refractivity contribution is -0.0366. The van der Waals surface area contributed by atoms with Gasteiger partial charge in [0.2, 0.25) is 0 Å². The molecule has 7 heterocycles. The molecular weight excluding hydrogens is 807 g/mol. The minimum absolute atomic E-state index is 0.0236. The summed E-state index contributed by atoms with van der Waals surface area (Å²) in [5.41, 5.74) is 1.61. The number of benzene rings is 1. The number of anilines is 1. The van der Waals surface area contributed by atoms with E-state index in [0.717, 1.165) is 43.2 Å². The monoisotopic (exact) mass is 861 g/mol. The molecule has 3 atom stereocenters. The van der Waals surface area contributed by atoms with Gasteiger partial charge in [-0.2, -0.15) is 23.8 Å². The van der Waals surface area contributed by atoms with E-state index < -0.39 is 27.7 Å². The molecule has 4 aliphatic rings. The molecule has 17 heteroatoms. The molecule has 0 radical (unpaired) electrons. The molecule has 4 fully saturated rings. The van der Waals surface area contributed by atoms with Gasteiger partial charge in [-0.3, -0.25) is 9.88 Å². The molecule has 12 nitrogen and oxygen atoms in total. The van der Waals surface area contributed by atoms with Gasteiger partial charge in [-0.05, 0) is 94.7 Å². The Bertz CT molecular complexity index is 2180. The summed E-state index contributed by atoms with van der Waals surface area (Å²) in [6.07, 6.45) is 14.1. The van der Waals surface area contributed by atoms with Crippen molar-refractivity contribution in [2.75, 3.05) is 89.5 Å². The molecule has 4 saturated heterocycles. The Hall–Kier alpha value is -3.25. The Morgan fingerprint density at radius 2 is 1.93 bits per heavy atom. The van der Waals surface area contributed by atoms with E-state index in [-0.39, 0.29) is 54.7 Å². The minimum Gasteiger partial charge on any atom is -0.461 e. The Balaban J connectivity index is 1.24. The second-order valence-electron chi connectivity index (χ2n) is 16.8. The van der Waals surface area contributed by atoms with Crippen LogP contribution < -0.4 is 9.64 Å². The third-order valence-corrected chi connectivity index (χ3v) is 13.0. The van der Waals surface area contributed by atoms with Crippen molar-refractivity contribution in [3.8, 4) is 17.3 Å². The van der Waals surface area contributed by atoms with Crippen molar-refractivity contribution in [3.05, 3.63) is 46.5 Å². The lowest BCUT2D eigenvalue weighted by Crippen LogP contribution is -2.43. The molecule has 8 rings (SSSR count). The number of aromatic nitrogens is 5. The van der Waals surface area contributed by atoms with Gasteiger partial charge in [0.25, 0.3) is 6.08 Å². The molecule has 0 amide bonds. The lowest BCUT2D eigenvalue weighted by Gasteiger charge is -2.31. The Morgan fingerprint density at radius 3 is 2.71 bits per heavy atom. The van der Waals surface area contributed by atoms with Gasteiger partial charge in [-0.1, -0.05) is 18.5 Å². The van der Waals surface area contributed by atoms with Gasteiger partial charge >= 0.3 is 6.01 Å². The molecule has 4 aliphatic heterocycles. The van der Waals surface area contributed by atoms with Crippen LogP contribution in [0.15, 0.2) is 30.1 Å². The van der Waals surface area contributed by atoms with E-state index in [4.69, 9.17) is 54.8 Å². The fourth-order valence-corrected chi connectivity index (χ4v) is 9.85. The Kier molecular flexibility index (Phi) is 12.9. The van der Waals surface area contributed by atoms with Crippen LogP contribution in [0.1, 0.15) is 70.1 Å². The van der Waals surface area contributed by atoms with Crippen molar-refractivity contribution in [1.29, 1.82) is 0 Å². The molecule has 0 saturated carbocycles. The second kappa shape index (κ2) is 18.0.